The normalized spacial score (nSPS) is 12.6. The van der Waals surface area contributed by atoms with Crippen molar-refractivity contribution in [2.45, 2.75) is 78.6 Å². The van der Waals surface area contributed by atoms with Crippen LogP contribution in [0.5, 0.6) is 11.5 Å². The number of rotatable bonds is 5. The lowest BCUT2D eigenvalue weighted by Crippen LogP contribution is -2.28. The lowest BCUT2D eigenvalue weighted by atomic mass is 9.84. The first-order valence-electron chi connectivity index (χ1n) is 17.1. The van der Waals surface area contributed by atoms with Gasteiger partial charge in [0, 0.05) is 35.4 Å². The third-order valence-electron chi connectivity index (χ3n) is 9.33. The van der Waals surface area contributed by atoms with E-state index in [-0.39, 0.29) is 16.2 Å². The van der Waals surface area contributed by atoms with Crippen molar-refractivity contribution in [2.24, 2.45) is 0 Å². The first-order chi connectivity index (χ1) is 23.2. The summed E-state index contributed by atoms with van der Waals surface area (Å²) in [4.78, 5) is 4.90. The molecule has 0 N–H and O–H groups in total. The zero-order valence-electron chi connectivity index (χ0n) is 30.2. The van der Waals surface area contributed by atoms with E-state index in [2.05, 4.69) is 158 Å². The molecule has 7 rings (SSSR count). The van der Waals surface area contributed by atoms with Crippen LogP contribution in [0, 0.1) is 6.33 Å². The average Bonchev–Trinajstić information content (AvgIpc) is 3.67. The minimum absolute atomic E-state index is 0.000387. The quantitative estimate of drug-likeness (QED) is 0.138. The molecule has 0 amide bonds. The molecule has 248 valence electrons. The Morgan fingerprint density at radius 2 is 1.37 bits per heavy atom. The van der Waals surface area contributed by atoms with E-state index in [0.29, 0.717) is 0 Å². The highest BCUT2D eigenvalue weighted by atomic mass is 16.5. The van der Waals surface area contributed by atoms with Gasteiger partial charge in [-0.15, -0.1) is 0 Å². The minimum Gasteiger partial charge on any atom is -0.458 e. The van der Waals surface area contributed by atoms with Gasteiger partial charge in [-0.25, -0.2) is 4.98 Å². The standard InChI is InChI=1S/C44H46N4O/c1-42(2,3)30-16-18-32(19-17-30)46-24-25-47(29-46)33-12-10-13-34(27-33)49-35-20-21-36-39(28-35)48(40-26-31(22-23-45-40)43(4,5)6)38-15-11-14-37(41(36)38)44(7,8)9/h10-28H,1-9H3. The molecule has 0 aliphatic heterocycles. The van der Waals surface area contributed by atoms with Crippen LogP contribution >= 0.6 is 0 Å². The fraction of sp³-hybridized carbons (Fsp3) is 0.273. The van der Waals surface area contributed by atoms with Gasteiger partial charge in [0.15, 0.2) is 0 Å². The summed E-state index contributed by atoms with van der Waals surface area (Å²) < 4.78 is 12.9. The fourth-order valence-corrected chi connectivity index (χ4v) is 6.55. The zero-order chi connectivity index (χ0) is 34.7. The molecule has 0 unspecified atom stereocenters. The van der Waals surface area contributed by atoms with E-state index in [1.54, 1.807) is 0 Å². The summed E-state index contributed by atoms with van der Waals surface area (Å²) in [5, 5.41) is 2.44. The van der Waals surface area contributed by atoms with E-state index in [4.69, 9.17) is 9.72 Å². The Balaban J connectivity index is 1.27. The van der Waals surface area contributed by atoms with Crippen molar-refractivity contribution in [1.29, 1.82) is 0 Å². The van der Waals surface area contributed by atoms with Crippen LogP contribution in [0.4, 0.5) is 0 Å². The van der Waals surface area contributed by atoms with Gasteiger partial charge in [-0.1, -0.05) is 92.6 Å². The molecule has 0 bridgehead atoms. The van der Waals surface area contributed by atoms with Crippen LogP contribution in [0.15, 0.2) is 116 Å². The Labute approximate surface area is 290 Å². The molecule has 0 aliphatic carbocycles. The molecular formula is C44H46N4O. The number of hydrogen-bond donors (Lipinski definition) is 0. The first-order valence-corrected chi connectivity index (χ1v) is 17.1. The second kappa shape index (κ2) is 11.8. The second-order valence-electron chi connectivity index (χ2n) is 16.2. The molecule has 7 aromatic rings. The van der Waals surface area contributed by atoms with Gasteiger partial charge in [-0.05, 0) is 93.6 Å². The van der Waals surface area contributed by atoms with Gasteiger partial charge < -0.3 is 4.74 Å². The summed E-state index contributed by atoms with van der Waals surface area (Å²) in [7, 11) is 0. The summed E-state index contributed by atoms with van der Waals surface area (Å²) in [5.74, 6) is 2.43. The maximum atomic E-state index is 6.58. The van der Waals surface area contributed by atoms with Crippen molar-refractivity contribution in [3.63, 3.8) is 0 Å². The van der Waals surface area contributed by atoms with Crippen molar-refractivity contribution in [3.05, 3.63) is 139 Å². The third-order valence-corrected chi connectivity index (χ3v) is 9.33. The molecule has 5 heteroatoms. The van der Waals surface area contributed by atoms with E-state index in [9.17, 15) is 0 Å². The number of hydrogen-bond acceptors (Lipinski definition) is 2. The summed E-state index contributed by atoms with van der Waals surface area (Å²) in [6, 6.07) is 34.2. The van der Waals surface area contributed by atoms with Gasteiger partial charge in [-0.2, -0.15) is 0 Å². The van der Waals surface area contributed by atoms with Crippen LogP contribution in [0.2, 0.25) is 0 Å². The minimum atomic E-state index is -0.0293. The van der Waals surface area contributed by atoms with Gasteiger partial charge in [0.2, 0.25) is 0 Å². The monoisotopic (exact) mass is 646 g/mol. The van der Waals surface area contributed by atoms with Crippen molar-refractivity contribution >= 4 is 21.8 Å². The number of benzene rings is 4. The molecule has 0 radical (unpaired) electrons. The number of fused-ring (bicyclic) bond motifs is 3. The molecule has 3 heterocycles. The molecule has 0 fully saturated rings. The maximum absolute atomic E-state index is 6.58. The predicted octanol–water partition coefficient (Wildman–Crippen LogP) is 10.7. The lowest BCUT2D eigenvalue weighted by Gasteiger charge is -2.21. The van der Waals surface area contributed by atoms with Gasteiger partial charge in [-0.3, -0.25) is 13.7 Å². The van der Waals surface area contributed by atoms with Crippen molar-refractivity contribution in [3.8, 4) is 28.7 Å². The van der Waals surface area contributed by atoms with E-state index >= 15 is 0 Å². The molecule has 0 aliphatic rings. The largest absolute Gasteiger partial charge is 0.458 e. The Bertz CT molecular complexity index is 2300. The molecule has 4 aromatic carbocycles. The first kappa shape index (κ1) is 32.4. The predicted molar refractivity (Wildman–Crippen MR) is 201 cm³/mol. The lowest BCUT2D eigenvalue weighted by molar-refractivity contribution is -0.599. The van der Waals surface area contributed by atoms with Crippen LogP contribution in [0.3, 0.4) is 0 Å². The highest BCUT2D eigenvalue weighted by Gasteiger charge is 2.24. The molecule has 0 saturated carbocycles. The molecule has 5 nitrogen and oxygen atoms in total. The van der Waals surface area contributed by atoms with Crippen molar-refractivity contribution < 1.29 is 9.30 Å². The third kappa shape index (κ3) is 6.26. The fourth-order valence-electron chi connectivity index (χ4n) is 6.55. The number of imidazole rings is 1. The summed E-state index contributed by atoms with van der Waals surface area (Å²) in [6.45, 7) is 20.3. The summed E-state index contributed by atoms with van der Waals surface area (Å²) >= 11 is 0. The summed E-state index contributed by atoms with van der Waals surface area (Å²) in [5.41, 5.74) is 8.20. The molecule has 0 spiro atoms. The molecule has 0 atom stereocenters. The Hall–Kier alpha value is -5.16. The van der Waals surface area contributed by atoms with E-state index < -0.39 is 0 Å². The molecule has 49 heavy (non-hydrogen) atoms. The molecule has 0 saturated heterocycles. The van der Waals surface area contributed by atoms with Crippen molar-refractivity contribution in [1.82, 2.24) is 14.1 Å². The average molecular weight is 647 g/mol. The maximum Gasteiger partial charge on any atom is 0.268 e. The Kier molecular flexibility index (Phi) is 7.78. The number of nitrogens with zero attached hydrogens (tertiary/aromatic N) is 4. The van der Waals surface area contributed by atoms with Gasteiger partial charge in [0.25, 0.3) is 6.33 Å². The van der Waals surface area contributed by atoms with Gasteiger partial charge in [0.1, 0.15) is 17.3 Å². The van der Waals surface area contributed by atoms with E-state index in [1.165, 1.54) is 27.5 Å². The van der Waals surface area contributed by atoms with Crippen LogP contribution < -0.4 is 9.30 Å². The molecular weight excluding hydrogens is 601 g/mol. The molecule has 3 aromatic heterocycles. The Morgan fingerprint density at radius 1 is 0.653 bits per heavy atom. The van der Waals surface area contributed by atoms with Crippen LogP contribution in [0.25, 0.3) is 39.0 Å². The Morgan fingerprint density at radius 3 is 2.08 bits per heavy atom. The zero-order valence-corrected chi connectivity index (χ0v) is 30.2. The topological polar surface area (TPSA) is 35.9 Å². The van der Waals surface area contributed by atoms with E-state index in [0.717, 1.165) is 39.7 Å². The number of pyridine rings is 1. The van der Waals surface area contributed by atoms with Crippen LogP contribution in [-0.4, -0.2) is 14.1 Å². The highest BCUT2D eigenvalue weighted by Crippen LogP contribution is 2.40. The van der Waals surface area contributed by atoms with E-state index in [1.807, 2.05) is 39.9 Å². The smallest absolute Gasteiger partial charge is 0.268 e. The highest BCUT2D eigenvalue weighted by molar-refractivity contribution is 6.11. The van der Waals surface area contributed by atoms with Crippen molar-refractivity contribution in [2.75, 3.05) is 0 Å². The number of aromatic nitrogens is 4. The SMILES string of the molecule is CC(C)(C)c1ccc(-[n+]2[c-]n(-c3cccc(Oc4ccc5c6c(C(C)(C)C)cccc6n(-c6cc(C(C)(C)C)ccn6)c5c4)c3)cc2)cc1. The van der Waals surface area contributed by atoms with Gasteiger partial charge >= 0.3 is 0 Å². The summed E-state index contributed by atoms with van der Waals surface area (Å²) in [6.07, 6.45) is 9.44. The van der Waals surface area contributed by atoms with Gasteiger partial charge in [0.05, 0.1) is 22.4 Å². The number of ether oxygens (including phenoxy) is 1. The van der Waals surface area contributed by atoms with Crippen LogP contribution in [0.1, 0.15) is 79.0 Å². The second-order valence-corrected chi connectivity index (χ2v) is 16.2. The van der Waals surface area contributed by atoms with Crippen LogP contribution in [-0.2, 0) is 16.2 Å².